The van der Waals surface area contributed by atoms with Crippen LogP contribution < -0.4 is 4.74 Å². The molecule has 0 aliphatic carbocycles. The van der Waals surface area contributed by atoms with Gasteiger partial charge < -0.3 is 9.47 Å². The number of rotatable bonds is 5. The normalized spacial score (nSPS) is 16.8. The molecular weight excluding hydrogens is 320 g/mol. The maximum atomic E-state index is 12.6. The minimum absolute atomic E-state index is 0.0511. The summed E-state index contributed by atoms with van der Waals surface area (Å²) in [6.07, 6.45) is 0.168. The molecule has 1 aliphatic heterocycles. The van der Waals surface area contributed by atoms with E-state index in [0.29, 0.717) is 23.5 Å². The first-order valence-electron chi connectivity index (χ1n) is 6.38. The van der Waals surface area contributed by atoms with Crippen molar-refractivity contribution in [1.82, 2.24) is 0 Å². The zero-order valence-electron chi connectivity index (χ0n) is 10.7. The van der Waals surface area contributed by atoms with Gasteiger partial charge in [0.05, 0.1) is 12.2 Å². The van der Waals surface area contributed by atoms with Crippen LogP contribution >= 0.6 is 15.9 Å². The summed E-state index contributed by atoms with van der Waals surface area (Å²) in [7, 11) is 0. The number of ketones is 1. The number of hydrogen-bond donors (Lipinski definition) is 0. The van der Waals surface area contributed by atoms with E-state index < -0.39 is 0 Å². The number of epoxide rings is 1. The van der Waals surface area contributed by atoms with Crippen LogP contribution in [0.5, 0.6) is 5.75 Å². The van der Waals surface area contributed by atoms with Crippen LogP contribution in [-0.4, -0.2) is 25.1 Å². The van der Waals surface area contributed by atoms with E-state index in [4.69, 9.17) is 9.47 Å². The number of hydrogen-bond acceptors (Lipinski definition) is 3. The number of ether oxygens (including phenoxy) is 2. The number of benzene rings is 2. The highest BCUT2D eigenvalue weighted by Gasteiger charge is 2.24. The lowest BCUT2D eigenvalue weighted by atomic mass is 10.0. The monoisotopic (exact) mass is 332 g/mol. The Balaban J connectivity index is 1.88. The zero-order chi connectivity index (χ0) is 13.9. The summed E-state index contributed by atoms with van der Waals surface area (Å²) in [6, 6.07) is 14.7. The molecule has 1 saturated heterocycles. The number of para-hydroxylation sites is 1. The SMILES string of the molecule is O=C(c1ccccc1Br)c1ccccc1OCC1CO1. The largest absolute Gasteiger partial charge is 0.490 e. The van der Waals surface area contributed by atoms with Crippen molar-refractivity contribution in [2.45, 2.75) is 6.10 Å². The van der Waals surface area contributed by atoms with Crippen molar-refractivity contribution in [3.05, 3.63) is 64.1 Å². The van der Waals surface area contributed by atoms with Gasteiger partial charge in [-0.25, -0.2) is 0 Å². The maximum absolute atomic E-state index is 12.6. The predicted octanol–water partition coefficient (Wildman–Crippen LogP) is 3.46. The van der Waals surface area contributed by atoms with Gasteiger partial charge in [0.25, 0.3) is 0 Å². The summed E-state index contributed by atoms with van der Waals surface area (Å²) in [4.78, 5) is 12.6. The van der Waals surface area contributed by atoms with E-state index in [2.05, 4.69) is 15.9 Å². The summed E-state index contributed by atoms with van der Waals surface area (Å²) in [5.74, 6) is 0.550. The van der Waals surface area contributed by atoms with Gasteiger partial charge in [0.15, 0.2) is 5.78 Å². The van der Waals surface area contributed by atoms with Crippen LogP contribution in [0.1, 0.15) is 15.9 Å². The third-order valence-electron chi connectivity index (χ3n) is 3.08. The average Bonchev–Trinajstić information content (AvgIpc) is 3.29. The highest BCUT2D eigenvalue weighted by molar-refractivity contribution is 9.10. The molecule has 0 aromatic heterocycles. The second-order valence-electron chi connectivity index (χ2n) is 4.57. The summed E-state index contributed by atoms with van der Waals surface area (Å²) in [6.45, 7) is 1.22. The Labute approximate surface area is 125 Å². The molecule has 2 aromatic rings. The Morgan fingerprint density at radius 1 is 1.15 bits per heavy atom. The van der Waals surface area contributed by atoms with Crippen molar-refractivity contribution in [3.8, 4) is 5.75 Å². The van der Waals surface area contributed by atoms with Crippen LogP contribution in [0.3, 0.4) is 0 Å². The molecule has 2 aromatic carbocycles. The molecule has 0 spiro atoms. The van der Waals surface area contributed by atoms with Gasteiger partial charge in [-0.15, -0.1) is 0 Å². The zero-order valence-corrected chi connectivity index (χ0v) is 12.3. The van der Waals surface area contributed by atoms with Crippen LogP contribution in [0.25, 0.3) is 0 Å². The Morgan fingerprint density at radius 2 is 1.80 bits per heavy atom. The van der Waals surface area contributed by atoms with E-state index in [1.165, 1.54) is 0 Å². The Kier molecular flexibility index (Phi) is 3.85. The second kappa shape index (κ2) is 5.77. The Morgan fingerprint density at radius 3 is 2.50 bits per heavy atom. The van der Waals surface area contributed by atoms with Gasteiger partial charge in [0.1, 0.15) is 18.5 Å². The highest BCUT2D eigenvalue weighted by atomic mass is 79.9. The molecule has 0 radical (unpaired) electrons. The Bertz CT molecular complexity index is 635. The first-order valence-corrected chi connectivity index (χ1v) is 7.17. The summed E-state index contributed by atoms with van der Waals surface area (Å²) < 4.78 is 11.6. The predicted molar refractivity (Wildman–Crippen MR) is 79.3 cm³/mol. The minimum Gasteiger partial charge on any atom is -0.490 e. The third-order valence-corrected chi connectivity index (χ3v) is 3.77. The molecule has 1 heterocycles. The molecule has 4 heteroatoms. The van der Waals surface area contributed by atoms with Gasteiger partial charge in [0.2, 0.25) is 0 Å². The molecule has 102 valence electrons. The molecule has 1 atom stereocenters. The smallest absolute Gasteiger partial charge is 0.197 e. The van der Waals surface area contributed by atoms with E-state index in [0.717, 1.165) is 11.1 Å². The van der Waals surface area contributed by atoms with Gasteiger partial charge in [0, 0.05) is 10.0 Å². The minimum atomic E-state index is -0.0511. The molecule has 0 saturated carbocycles. The molecule has 1 aliphatic rings. The Hall–Kier alpha value is -1.65. The van der Waals surface area contributed by atoms with Crippen LogP contribution in [0, 0.1) is 0 Å². The van der Waals surface area contributed by atoms with Gasteiger partial charge in [-0.05, 0) is 24.3 Å². The quantitative estimate of drug-likeness (QED) is 0.621. The lowest BCUT2D eigenvalue weighted by molar-refractivity contribution is 0.103. The van der Waals surface area contributed by atoms with Crippen molar-refractivity contribution in [2.75, 3.05) is 13.2 Å². The third kappa shape index (κ3) is 2.92. The molecule has 0 N–H and O–H groups in total. The first kappa shape index (κ1) is 13.3. The van der Waals surface area contributed by atoms with Crippen molar-refractivity contribution in [2.24, 2.45) is 0 Å². The molecule has 0 bridgehead atoms. The fraction of sp³-hybridized carbons (Fsp3) is 0.188. The fourth-order valence-electron chi connectivity index (χ4n) is 1.92. The van der Waals surface area contributed by atoms with E-state index in [9.17, 15) is 4.79 Å². The van der Waals surface area contributed by atoms with Crippen LogP contribution in [-0.2, 0) is 4.74 Å². The van der Waals surface area contributed by atoms with E-state index >= 15 is 0 Å². The van der Waals surface area contributed by atoms with Gasteiger partial charge in [-0.2, -0.15) is 0 Å². The van der Waals surface area contributed by atoms with Crippen LogP contribution in [0.4, 0.5) is 0 Å². The molecule has 0 amide bonds. The summed E-state index contributed by atoms with van der Waals surface area (Å²) >= 11 is 3.41. The molecule has 1 unspecified atom stereocenters. The van der Waals surface area contributed by atoms with Gasteiger partial charge >= 0.3 is 0 Å². The van der Waals surface area contributed by atoms with Crippen LogP contribution in [0.15, 0.2) is 53.0 Å². The second-order valence-corrected chi connectivity index (χ2v) is 5.43. The van der Waals surface area contributed by atoms with Gasteiger partial charge in [-0.3, -0.25) is 4.79 Å². The molecule has 3 rings (SSSR count). The number of halogens is 1. The van der Waals surface area contributed by atoms with E-state index in [-0.39, 0.29) is 11.9 Å². The summed E-state index contributed by atoms with van der Waals surface area (Å²) in [5, 5.41) is 0. The number of carbonyl (C=O) groups is 1. The average molecular weight is 333 g/mol. The highest BCUT2D eigenvalue weighted by Crippen LogP contribution is 2.26. The lowest BCUT2D eigenvalue weighted by Crippen LogP contribution is -2.09. The topological polar surface area (TPSA) is 38.8 Å². The standard InChI is InChI=1S/C16H13BrO3/c17-14-7-3-1-5-12(14)16(18)13-6-2-4-8-15(13)20-10-11-9-19-11/h1-8,11H,9-10H2. The van der Waals surface area contributed by atoms with Crippen molar-refractivity contribution in [3.63, 3.8) is 0 Å². The van der Waals surface area contributed by atoms with E-state index in [1.54, 1.807) is 12.1 Å². The van der Waals surface area contributed by atoms with Crippen LogP contribution in [0.2, 0.25) is 0 Å². The first-order chi connectivity index (χ1) is 9.75. The summed E-state index contributed by atoms with van der Waals surface area (Å²) in [5.41, 5.74) is 1.20. The van der Waals surface area contributed by atoms with Crippen molar-refractivity contribution >= 4 is 21.7 Å². The van der Waals surface area contributed by atoms with Crippen molar-refractivity contribution < 1.29 is 14.3 Å². The molecular formula is C16H13BrO3. The molecule has 20 heavy (non-hydrogen) atoms. The van der Waals surface area contributed by atoms with E-state index in [1.807, 2.05) is 36.4 Å². The number of carbonyl (C=O) groups excluding carboxylic acids is 1. The fourth-order valence-corrected chi connectivity index (χ4v) is 2.38. The molecule has 1 fully saturated rings. The molecule has 3 nitrogen and oxygen atoms in total. The lowest BCUT2D eigenvalue weighted by Gasteiger charge is -2.10. The maximum Gasteiger partial charge on any atom is 0.197 e. The van der Waals surface area contributed by atoms with Crippen molar-refractivity contribution in [1.29, 1.82) is 0 Å². The van der Waals surface area contributed by atoms with Gasteiger partial charge in [-0.1, -0.05) is 40.2 Å².